The molecule has 3 rings (SSSR count). The van der Waals surface area contributed by atoms with Crippen LogP contribution in [0.2, 0.25) is 0 Å². The van der Waals surface area contributed by atoms with Crippen LogP contribution < -0.4 is 5.32 Å². The molecule has 0 aliphatic rings. The minimum absolute atomic E-state index is 0.0290. The van der Waals surface area contributed by atoms with E-state index < -0.39 is 0 Å². The van der Waals surface area contributed by atoms with Crippen molar-refractivity contribution in [1.29, 1.82) is 0 Å². The molecule has 0 unspecified atom stereocenters. The maximum atomic E-state index is 13.0. The van der Waals surface area contributed by atoms with Gasteiger partial charge in [-0.15, -0.1) is 0 Å². The van der Waals surface area contributed by atoms with Gasteiger partial charge in [-0.05, 0) is 28.8 Å². The van der Waals surface area contributed by atoms with Crippen LogP contribution in [0.1, 0.15) is 29.5 Å². The largest absolute Gasteiger partial charge is 0.354 e. The number of carbonyl (C=O) groups is 2. The summed E-state index contributed by atoms with van der Waals surface area (Å²) in [5.41, 5.74) is 2.89. The average molecular weight is 387 g/mol. The number of nitrogens with zero attached hydrogens (tertiary/aromatic N) is 2. The molecule has 5 nitrogen and oxygen atoms in total. The van der Waals surface area contributed by atoms with Crippen LogP contribution in [0.3, 0.4) is 0 Å². The zero-order valence-corrected chi connectivity index (χ0v) is 16.5. The van der Waals surface area contributed by atoms with Crippen molar-refractivity contribution in [3.8, 4) is 0 Å². The highest BCUT2D eigenvalue weighted by atomic mass is 16.2. The van der Waals surface area contributed by atoms with Crippen molar-refractivity contribution in [3.05, 3.63) is 102 Å². The molecule has 1 heterocycles. The molecule has 1 aromatic heterocycles. The lowest BCUT2D eigenvalue weighted by Gasteiger charge is -2.23. The van der Waals surface area contributed by atoms with Crippen LogP contribution in [0.25, 0.3) is 0 Å². The predicted octanol–water partition coefficient (Wildman–Crippen LogP) is 3.38. The Bertz CT molecular complexity index is 875. The molecule has 3 aromatic rings. The molecule has 0 saturated heterocycles. The Morgan fingerprint density at radius 3 is 1.97 bits per heavy atom. The molecule has 0 saturated carbocycles. The molecule has 2 amide bonds. The summed E-state index contributed by atoms with van der Waals surface area (Å²) in [4.78, 5) is 30.7. The van der Waals surface area contributed by atoms with E-state index in [1.165, 1.54) is 0 Å². The minimum atomic E-state index is -0.386. The Hall–Kier alpha value is -3.47. The molecule has 2 aromatic carbocycles. The van der Waals surface area contributed by atoms with Gasteiger partial charge in [0, 0.05) is 39.0 Å². The van der Waals surface area contributed by atoms with Gasteiger partial charge in [-0.3, -0.25) is 14.6 Å². The van der Waals surface area contributed by atoms with Gasteiger partial charge in [0.05, 0.1) is 5.92 Å². The highest BCUT2D eigenvalue weighted by molar-refractivity contribution is 5.87. The second kappa shape index (κ2) is 10.2. The Kier molecular flexibility index (Phi) is 7.11. The Labute approximate surface area is 171 Å². The van der Waals surface area contributed by atoms with E-state index in [-0.39, 0.29) is 17.7 Å². The topological polar surface area (TPSA) is 62.3 Å². The van der Waals surface area contributed by atoms with Crippen molar-refractivity contribution in [1.82, 2.24) is 15.2 Å². The molecular formula is C24H25N3O2. The van der Waals surface area contributed by atoms with Crippen LogP contribution in [0.4, 0.5) is 0 Å². The van der Waals surface area contributed by atoms with Crippen LogP contribution in [-0.2, 0) is 16.1 Å². The Morgan fingerprint density at radius 2 is 1.45 bits per heavy atom. The third-order valence-electron chi connectivity index (χ3n) is 4.78. The molecule has 0 atom stereocenters. The average Bonchev–Trinajstić information content (AvgIpc) is 2.75. The van der Waals surface area contributed by atoms with E-state index in [9.17, 15) is 9.59 Å². The van der Waals surface area contributed by atoms with Gasteiger partial charge in [0.25, 0.3) is 0 Å². The lowest BCUT2D eigenvalue weighted by atomic mass is 9.90. The fraction of sp³-hybridized carbons (Fsp3) is 0.208. The summed E-state index contributed by atoms with van der Waals surface area (Å²) in [5, 5.41) is 3.01. The third kappa shape index (κ3) is 5.75. The van der Waals surface area contributed by atoms with E-state index in [4.69, 9.17) is 0 Å². The SMILES string of the molecule is CC(=O)N(CCNC(=O)C(c1ccccc1)c1ccccc1)Cc1ccncc1. The number of amides is 2. The van der Waals surface area contributed by atoms with Gasteiger partial charge in [-0.1, -0.05) is 60.7 Å². The zero-order chi connectivity index (χ0) is 20.5. The summed E-state index contributed by atoms with van der Waals surface area (Å²) in [5.74, 6) is -0.489. The molecule has 0 bridgehead atoms. The first-order valence-electron chi connectivity index (χ1n) is 9.67. The van der Waals surface area contributed by atoms with E-state index in [1.807, 2.05) is 72.8 Å². The lowest BCUT2D eigenvalue weighted by molar-refractivity contribution is -0.130. The Morgan fingerprint density at radius 1 is 0.897 bits per heavy atom. The van der Waals surface area contributed by atoms with Crippen molar-refractivity contribution in [2.75, 3.05) is 13.1 Å². The second-order valence-electron chi connectivity index (χ2n) is 6.84. The number of benzene rings is 2. The van der Waals surface area contributed by atoms with Gasteiger partial charge in [0.15, 0.2) is 0 Å². The molecule has 0 radical (unpaired) electrons. The summed E-state index contributed by atoms with van der Waals surface area (Å²) < 4.78 is 0. The molecule has 0 aliphatic carbocycles. The normalized spacial score (nSPS) is 10.6. The number of hydrogen-bond acceptors (Lipinski definition) is 3. The monoisotopic (exact) mass is 387 g/mol. The molecule has 0 fully saturated rings. The highest BCUT2D eigenvalue weighted by Crippen LogP contribution is 2.24. The smallest absolute Gasteiger partial charge is 0.232 e. The summed E-state index contributed by atoms with van der Waals surface area (Å²) in [6, 6.07) is 23.2. The number of nitrogens with one attached hydrogen (secondary N) is 1. The van der Waals surface area contributed by atoms with Gasteiger partial charge in [-0.2, -0.15) is 0 Å². The van der Waals surface area contributed by atoms with E-state index in [2.05, 4.69) is 10.3 Å². The van der Waals surface area contributed by atoms with Crippen LogP contribution in [0.15, 0.2) is 85.2 Å². The van der Waals surface area contributed by atoms with Crippen molar-refractivity contribution < 1.29 is 9.59 Å². The minimum Gasteiger partial charge on any atom is -0.354 e. The van der Waals surface area contributed by atoms with Gasteiger partial charge >= 0.3 is 0 Å². The van der Waals surface area contributed by atoms with Crippen molar-refractivity contribution in [2.45, 2.75) is 19.4 Å². The van der Waals surface area contributed by atoms with Crippen LogP contribution in [0, 0.1) is 0 Å². The molecule has 29 heavy (non-hydrogen) atoms. The first-order valence-corrected chi connectivity index (χ1v) is 9.67. The Balaban J connectivity index is 1.66. The van der Waals surface area contributed by atoms with E-state index in [0.29, 0.717) is 19.6 Å². The predicted molar refractivity (Wildman–Crippen MR) is 113 cm³/mol. The second-order valence-corrected chi connectivity index (χ2v) is 6.84. The molecular weight excluding hydrogens is 362 g/mol. The summed E-state index contributed by atoms with van der Waals surface area (Å²) in [6.45, 7) is 2.87. The standard InChI is InChI=1S/C24H25N3O2/c1-19(28)27(18-20-12-14-25-15-13-20)17-16-26-24(29)23(21-8-4-2-5-9-21)22-10-6-3-7-11-22/h2-15,23H,16-18H2,1H3,(H,26,29). The van der Waals surface area contributed by atoms with E-state index >= 15 is 0 Å². The van der Waals surface area contributed by atoms with Crippen molar-refractivity contribution in [2.24, 2.45) is 0 Å². The van der Waals surface area contributed by atoms with E-state index in [1.54, 1.807) is 24.2 Å². The quantitative estimate of drug-likeness (QED) is 0.645. The first-order chi connectivity index (χ1) is 14.1. The highest BCUT2D eigenvalue weighted by Gasteiger charge is 2.22. The maximum absolute atomic E-state index is 13.0. The zero-order valence-electron chi connectivity index (χ0n) is 16.5. The van der Waals surface area contributed by atoms with Gasteiger partial charge in [0.1, 0.15) is 0 Å². The van der Waals surface area contributed by atoms with Crippen molar-refractivity contribution >= 4 is 11.8 Å². The van der Waals surface area contributed by atoms with Gasteiger partial charge in [-0.25, -0.2) is 0 Å². The molecule has 1 N–H and O–H groups in total. The molecule has 0 spiro atoms. The lowest BCUT2D eigenvalue weighted by Crippen LogP contribution is -2.39. The van der Waals surface area contributed by atoms with Crippen LogP contribution in [0.5, 0.6) is 0 Å². The summed E-state index contributed by atoms with van der Waals surface area (Å²) in [6.07, 6.45) is 3.42. The number of rotatable bonds is 8. The van der Waals surface area contributed by atoms with Crippen molar-refractivity contribution in [3.63, 3.8) is 0 Å². The summed E-state index contributed by atoms with van der Waals surface area (Å²) >= 11 is 0. The van der Waals surface area contributed by atoms with Crippen LogP contribution in [-0.4, -0.2) is 34.8 Å². The molecule has 0 aliphatic heterocycles. The molecule has 148 valence electrons. The number of pyridine rings is 1. The van der Waals surface area contributed by atoms with Crippen LogP contribution >= 0.6 is 0 Å². The third-order valence-corrected chi connectivity index (χ3v) is 4.78. The number of hydrogen-bond donors (Lipinski definition) is 1. The fourth-order valence-electron chi connectivity index (χ4n) is 3.26. The summed E-state index contributed by atoms with van der Waals surface area (Å²) in [7, 11) is 0. The van der Waals surface area contributed by atoms with Gasteiger partial charge in [0.2, 0.25) is 11.8 Å². The first kappa shape index (κ1) is 20.3. The fourth-order valence-corrected chi connectivity index (χ4v) is 3.26. The maximum Gasteiger partial charge on any atom is 0.232 e. The molecule has 5 heteroatoms. The number of carbonyl (C=O) groups excluding carboxylic acids is 2. The van der Waals surface area contributed by atoms with E-state index in [0.717, 1.165) is 16.7 Å². The number of aromatic nitrogens is 1. The van der Waals surface area contributed by atoms with Gasteiger partial charge < -0.3 is 10.2 Å².